The van der Waals surface area contributed by atoms with E-state index >= 15 is 0 Å². The summed E-state index contributed by atoms with van der Waals surface area (Å²) in [6.07, 6.45) is 1.55. The number of carboxylic acids is 1. The van der Waals surface area contributed by atoms with Crippen molar-refractivity contribution in [2.45, 2.75) is 18.8 Å². The van der Waals surface area contributed by atoms with Crippen LogP contribution in [-0.4, -0.2) is 30.8 Å². The minimum Gasteiger partial charge on any atom is -0.493 e. The zero-order valence-corrected chi connectivity index (χ0v) is 16.7. The van der Waals surface area contributed by atoms with Crippen LogP contribution in [0.1, 0.15) is 28.3 Å². The van der Waals surface area contributed by atoms with Crippen molar-refractivity contribution in [3.63, 3.8) is 0 Å². The van der Waals surface area contributed by atoms with Crippen LogP contribution in [0.25, 0.3) is 10.1 Å². The molecule has 1 fully saturated rings. The minimum absolute atomic E-state index is 0.421. The van der Waals surface area contributed by atoms with Crippen molar-refractivity contribution >= 4 is 27.4 Å². The van der Waals surface area contributed by atoms with E-state index in [4.69, 9.17) is 10.00 Å². The summed E-state index contributed by atoms with van der Waals surface area (Å²) in [5.74, 6) is -0.149. The Morgan fingerprint density at radius 2 is 2.10 bits per heavy atom. The van der Waals surface area contributed by atoms with Crippen molar-refractivity contribution < 1.29 is 14.6 Å². The van der Waals surface area contributed by atoms with Crippen molar-refractivity contribution in [1.82, 2.24) is 5.32 Å². The van der Waals surface area contributed by atoms with Crippen LogP contribution in [0.2, 0.25) is 0 Å². The number of hydrogen-bond donors (Lipinski definition) is 2. The molecule has 5 nitrogen and oxygen atoms in total. The van der Waals surface area contributed by atoms with Crippen LogP contribution >= 0.6 is 11.3 Å². The number of nitrogens with one attached hydrogen (secondary N) is 1. The maximum atomic E-state index is 11.9. The number of nitrogens with zero attached hydrogens (tertiary/aromatic N) is 1. The molecule has 0 bridgehead atoms. The predicted molar refractivity (Wildman–Crippen MR) is 114 cm³/mol. The number of hydrogen-bond acceptors (Lipinski definition) is 5. The molecule has 2 N–H and O–H groups in total. The van der Waals surface area contributed by atoms with E-state index in [0.717, 1.165) is 45.8 Å². The SMILES string of the molecule is N#Cc1ccc2sc(C[C@H](C(=O)O)c3ccc(OCC4CCNC4)cc3)cc2c1. The van der Waals surface area contributed by atoms with Gasteiger partial charge in [0, 0.05) is 22.0 Å². The Balaban J connectivity index is 1.47. The molecule has 29 heavy (non-hydrogen) atoms. The Morgan fingerprint density at radius 1 is 1.28 bits per heavy atom. The first-order valence-corrected chi connectivity index (χ1v) is 10.5. The molecule has 4 rings (SSSR count). The van der Waals surface area contributed by atoms with E-state index in [0.29, 0.717) is 24.5 Å². The molecular weight excluding hydrogens is 384 g/mol. The van der Waals surface area contributed by atoms with Crippen LogP contribution < -0.4 is 10.1 Å². The summed E-state index contributed by atoms with van der Waals surface area (Å²) in [6, 6.07) is 17.1. The van der Waals surface area contributed by atoms with Crippen molar-refractivity contribution in [2.24, 2.45) is 5.92 Å². The van der Waals surface area contributed by atoms with Gasteiger partial charge >= 0.3 is 5.97 Å². The van der Waals surface area contributed by atoms with E-state index in [1.807, 2.05) is 42.5 Å². The quantitative estimate of drug-likeness (QED) is 0.615. The third kappa shape index (κ3) is 4.58. The zero-order chi connectivity index (χ0) is 20.2. The first-order valence-electron chi connectivity index (χ1n) is 9.71. The van der Waals surface area contributed by atoms with Gasteiger partial charge in [0.1, 0.15) is 5.75 Å². The molecule has 1 aliphatic rings. The van der Waals surface area contributed by atoms with Crippen molar-refractivity contribution in [3.05, 3.63) is 64.5 Å². The number of thiophene rings is 1. The first-order chi connectivity index (χ1) is 14.1. The van der Waals surface area contributed by atoms with Gasteiger partial charge in [-0.25, -0.2) is 0 Å². The van der Waals surface area contributed by atoms with Crippen LogP contribution in [0, 0.1) is 17.2 Å². The molecule has 3 aromatic rings. The number of fused-ring (bicyclic) bond motifs is 1. The summed E-state index contributed by atoms with van der Waals surface area (Å²) in [6.45, 7) is 2.72. The van der Waals surface area contributed by atoms with Gasteiger partial charge in [-0.2, -0.15) is 5.26 Å². The van der Waals surface area contributed by atoms with Gasteiger partial charge in [-0.15, -0.1) is 11.3 Å². The normalized spacial score (nSPS) is 17.1. The fourth-order valence-corrected chi connectivity index (χ4v) is 4.77. The first kappa shape index (κ1) is 19.4. The van der Waals surface area contributed by atoms with E-state index in [1.165, 1.54) is 0 Å². The van der Waals surface area contributed by atoms with Crippen LogP contribution in [0.3, 0.4) is 0 Å². The van der Waals surface area contributed by atoms with Crippen LogP contribution in [-0.2, 0) is 11.2 Å². The van der Waals surface area contributed by atoms with Crippen LogP contribution in [0.4, 0.5) is 0 Å². The molecule has 2 heterocycles. The van der Waals surface area contributed by atoms with E-state index in [1.54, 1.807) is 17.4 Å². The van der Waals surface area contributed by atoms with E-state index < -0.39 is 11.9 Å². The largest absolute Gasteiger partial charge is 0.493 e. The average Bonchev–Trinajstić information content (AvgIpc) is 3.39. The van der Waals surface area contributed by atoms with Gasteiger partial charge in [0.25, 0.3) is 0 Å². The molecule has 2 atom stereocenters. The number of carboxylic acid groups (broad SMARTS) is 1. The molecule has 1 unspecified atom stereocenters. The highest BCUT2D eigenvalue weighted by molar-refractivity contribution is 7.19. The number of carbonyl (C=O) groups is 1. The lowest BCUT2D eigenvalue weighted by atomic mass is 9.95. The molecule has 0 amide bonds. The monoisotopic (exact) mass is 406 g/mol. The van der Waals surface area contributed by atoms with E-state index in [2.05, 4.69) is 11.4 Å². The van der Waals surface area contributed by atoms with Gasteiger partial charge in [-0.1, -0.05) is 12.1 Å². The van der Waals surface area contributed by atoms with Gasteiger partial charge in [0.05, 0.1) is 24.2 Å². The molecule has 1 aliphatic heterocycles. The molecule has 2 aromatic carbocycles. The number of ether oxygens (including phenoxy) is 1. The van der Waals surface area contributed by atoms with Crippen molar-refractivity contribution in [1.29, 1.82) is 5.26 Å². The average molecular weight is 407 g/mol. The Morgan fingerprint density at radius 3 is 2.79 bits per heavy atom. The minimum atomic E-state index is -0.842. The van der Waals surface area contributed by atoms with Gasteiger partial charge in [-0.05, 0) is 66.7 Å². The number of aliphatic carboxylic acids is 1. The Bertz CT molecular complexity index is 1050. The molecule has 6 heteroatoms. The molecule has 0 saturated carbocycles. The Labute approximate surface area is 173 Å². The second kappa shape index (κ2) is 8.64. The molecule has 0 aliphatic carbocycles. The summed E-state index contributed by atoms with van der Waals surface area (Å²) in [4.78, 5) is 12.9. The fourth-order valence-electron chi connectivity index (χ4n) is 3.68. The molecule has 1 aromatic heterocycles. The predicted octanol–water partition coefficient (Wildman–Crippen LogP) is 4.17. The highest BCUT2D eigenvalue weighted by Gasteiger charge is 2.22. The van der Waals surface area contributed by atoms with Gasteiger partial charge in [0.15, 0.2) is 0 Å². The lowest BCUT2D eigenvalue weighted by molar-refractivity contribution is -0.138. The number of nitriles is 1. The topological polar surface area (TPSA) is 82.4 Å². The lowest BCUT2D eigenvalue weighted by Crippen LogP contribution is -2.16. The summed E-state index contributed by atoms with van der Waals surface area (Å²) < 4.78 is 6.92. The lowest BCUT2D eigenvalue weighted by Gasteiger charge is -2.14. The van der Waals surface area contributed by atoms with Crippen LogP contribution in [0.5, 0.6) is 5.75 Å². The van der Waals surface area contributed by atoms with E-state index in [9.17, 15) is 9.90 Å². The second-order valence-electron chi connectivity index (χ2n) is 7.41. The molecule has 1 saturated heterocycles. The van der Waals surface area contributed by atoms with Crippen LogP contribution in [0.15, 0.2) is 48.5 Å². The Hall–Kier alpha value is -2.88. The molecular formula is C23H22N2O3S. The Kier molecular flexibility index (Phi) is 5.79. The third-order valence-electron chi connectivity index (χ3n) is 5.33. The molecule has 0 spiro atoms. The maximum absolute atomic E-state index is 11.9. The summed E-state index contributed by atoms with van der Waals surface area (Å²) in [5, 5.41) is 23.1. The summed E-state index contributed by atoms with van der Waals surface area (Å²) in [5.41, 5.74) is 1.38. The van der Waals surface area contributed by atoms with Crippen molar-refractivity contribution in [2.75, 3.05) is 19.7 Å². The number of rotatable bonds is 7. The smallest absolute Gasteiger partial charge is 0.311 e. The second-order valence-corrected chi connectivity index (χ2v) is 8.58. The van der Waals surface area contributed by atoms with E-state index in [-0.39, 0.29) is 0 Å². The fraction of sp³-hybridized carbons (Fsp3) is 0.304. The van der Waals surface area contributed by atoms with Crippen molar-refractivity contribution in [3.8, 4) is 11.8 Å². The highest BCUT2D eigenvalue weighted by atomic mass is 32.1. The summed E-state index contributed by atoms with van der Waals surface area (Å²) >= 11 is 1.58. The van der Waals surface area contributed by atoms with Gasteiger partial charge in [0.2, 0.25) is 0 Å². The van der Waals surface area contributed by atoms with Gasteiger partial charge in [-0.3, -0.25) is 4.79 Å². The maximum Gasteiger partial charge on any atom is 0.311 e. The van der Waals surface area contributed by atoms with Gasteiger partial charge < -0.3 is 15.2 Å². The third-order valence-corrected chi connectivity index (χ3v) is 6.47. The summed E-state index contributed by atoms with van der Waals surface area (Å²) in [7, 11) is 0. The standard InChI is InChI=1S/C23H22N2O3S/c24-12-15-1-6-22-18(9-15)10-20(29-22)11-21(23(26)27)17-2-4-19(5-3-17)28-14-16-7-8-25-13-16/h1-6,9-10,16,21,25H,7-8,11,13-14H2,(H,26,27)/t16?,21-/m0/s1. The molecule has 0 radical (unpaired) electrons. The highest BCUT2D eigenvalue weighted by Crippen LogP contribution is 2.31. The molecule has 148 valence electrons. The zero-order valence-electron chi connectivity index (χ0n) is 15.9. The number of benzene rings is 2.